The fraction of sp³-hybridized carbons (Fsp3) is 0.111. The molecule has 3 N–H and O–H groups in total. The number of rotatable bonds is 4. The quantitative estimate of drug-likeness (QED) is 0.654. The molecule has 4 rings (SSSR count). The summed E-state index contributed by atoms with van der Waals surface area (Å²) in [7, 11) is 0. The largest absolute Gasteiger partial charge is 0.382 e. The van der Waals surface area contributed by atoms with E-state index < -0.39 is 18.3 Å². The van der Waals surface area contributed by atoms with E-state index in [0.29, 0.717) is 22.8 Å². The summed E-state index contributed by atoms with van der Waals surface area (Å²) >= 11 is 0. The Morgan fingerprint density at radius 2 is 1.88 bits per heavy atom. The highest BCUT2D eigenvalue weighted by Crippen LogP contribution is 2.38. The summed E-state index contributed by atoms with van der Waals surface area (Å²) < 4.78 is 40.9. The normalized spacial score (nSPS) is 12.5. The molecule has 0 radical (unpaired) electrons. The first-order chi connectivity index (χ1) is 12.7. The number of nitrogens with zero attached hydrogens (tertiary/aromatic N) is 2. The number of anilines is 2. The zero-order chi connectivity index (χ0) is 18.1. The Labute approximate surface area is 147 Å². The fourth-order valence-corrected chi connectivity index (χ4v) is 2.85. The lowest BCUT2D eigenvalue weighted by Crippen LogP contribution is -2.17. The van der Waals surface area contributed by atoms with Crippen molar-refractivity contribution in [2.75, 3.05) is 23.9 Å². The highest BCUT2D eigenvalue weighted by Gasteiger charge is 2.22. The van der Waals surface area contributed by atoms with E-state index >= 15 is 0 Å². The van der Waals surface area contributed by atoms with Crippen molar-refractivity contribution in [2.45, 2.75) is 0 Å². The van der Waals surface area contributed by atoms with Gasteiger partial charge in [-0.3, -0.25) is 5.10 Å². The van der Waals surface area contributed by atoms with Crippen molar-refractivity contribution >= 4 is 22.9 Å². The molecule has 3 aromatic rings. The zero-order valence-corrected chi connectivity index (χ0v) is 13.5. The van der Waals surface area contributed by atoms with Gasteiger partial charge in [0.15, 0.2) is 0 Å². The van der Waals surface area contributed by atoms with Crippen LogP contribution in [0.15, 0.2) is 47.6 Å². The van der Waals surface area contributed by atoms with Gasteiger partial charge in [-0.2, -0.15) is 5.10 Å². The summed E-state index contributed by atoms with van der Waals surface area (Å²) in [4.78, 5) is 4.35. The Balaban J connectivity index is 1.86. The molecular weight excluding hydrogens is 343 g/mol. The smallest absolute Gasteiger partial charge is 0.144 e. The van der Waals surface area contributed by atoms with Gasteiger partial charge < -0.3 is 10.6 Å². The van der Waals surface area contributed by atoms with Crippen molar-refractivity contribution in [1.29, 1.82) is 0 Å². The molecule has 2 aromatic carbocycles. The number of hydrogen-bond acceptors (Lipinski definition) is 4. The molecule has 1 aliphatic heterocycles. The van der Waals surface area contributed by atoms with E-state index in [4.69, 9.17) is 0 Å². The molecule has 132 valence electrons. The van der Waals surface area contributed by atoms with E-state index in [1.54, 1.807) is 18.2 Å². The minimum absolute atomic E-state index is 0.0321. The van der Waals surface area contributed by atoms with Crippen LogP contribution in [0.5, 0.6) is 0 Å². The summed E-state index contributed by atoms with van der Waals surface area (Å²) in [5.41, 5.74) is 2.80. The lowest BCUT2D eigenvalue weighted by atomic mass is 10.1. The van der Waals surface area contributed by atoms with E-state index in [0.717, 1.165) is 5.56 Å². The summed E-state index contributed by atoms with van der Waals surface area (Å²) in [5, 5.41) is 12.8. The van der Waals surface area contributed by atoms with Gasteiger partial charge in [0, 0.05) is 17.8 Å². The maximum Gasteiger partial charge on any atom is 0.144 e. The summed E-state index contributed by atoms with van der Waals surface area (Å²) in [6.07, 6.45) is 1.49. The number of aliphatic imine (C=N–C) groups is 1. The third-order valence-corrected chi connectivity index (χ3v) is 4.02. The van der Waals surface area contributed by atoms with Gasteiger partial charge in [0.1, 0.15) is 29.8 Å². The van der Waals surface area contributed by atoms with E-state index in [-0.39, 0.29) is 17.9 Å². The molecule has 2 heterocycles. The maximum atomic E-state index is 14.3. The number of H-pyrrole nitrogens is 1. The molecule has 8 heteroatoms. The highest BCUT2D eigenvalue weighted by atomic mass is 19.1. The average molecular weight is 357 g/mol. The second-order valence-corrected chi connectivity index (χ2v) is 5.69. The number of hydrogen-bond donors (Lipinski definition) is 3. The number of fused-ring (bicyclic) bond motifs is 3. The summed E-state index contributed by atoms with van der Waals surface area (Å²) in [5.74, 6) is -1.42. The van der Waals surface area contributed by atoms with Gasteiger partial charge in [0.25, 0.3) is 0 Å². The molecular formula is C18H14F3N5. The molecule has 0 aliphatic carbocycles. The minimum Gasteiger partial charge on any atom is -0.382 e. The molecule has 0 fully saturated rings. The topological polar surface area (TPSA) is 65.1 Å². The summed E-state index contributed by atoms with van der Waals surface area (Å²) in [6, 6.07) is 8.95. The lowest BCUT2D eigenvalue weighted by Gasteiger charge is -2.14. The number of alkyl halides is 1. The molecule has 1 aromatic heterocycles. The molecule has 0 amide bonds. The van der Waals surface area contributed by atoms with E-state index in [1.807, 2.05) is 0 Å². The van der Waals surface area contributed by atoms with E-state index in [1.165, 1.54) is 24.4 Å². The monoisotopic (exact) mass is 357 g/mol. The van der Waals surface area contributed by atoms with Crippen molar-refractivity contribution in [3.05, 3.63) is 59.8 Å². The van der Waals surface area contributed by atoms with Crippen LogP contribution < -0.4 is 10.6 Å². The van der Waals surface area contributed by atoms with Gasteiger partial charge in [-0.15, -0.1) is 0 Å². The molecule has 0 atom stereocenters. The second kappa shape index (κ2) is 6.55. The van der Waals surface area contributed by atoms with Gasteiger partial charge >= 0.3 is 0 Å². The van der Waals surface area contributed by atoms with Gasteiger partial charge in [-0.1, -0.05) is 6.07 Å². The van der Waals surface area contributed by atoms with Gasteiger partial charge in [-0.05, 0) is 30.3 Å². The first kappa shape index (κ1) is 16.2. The standard InChI is InChI=1S/C18H14F3N5/c19-6-7-22-10-4-5-11-14(8-10)24-18(25-15-9-23-26-17(11)15)16-12(20)2-1-3-13(16)21/h1-5,8-9,22H,6-7H2,(H,23,26)(H,24,25). The van der Waals surface area contributed by atoms with Gasteiger partial charge in [0.05, 0.1) is 23.1 Å². The van der Waals surface area contributed by atoms with Crippen LogP contribution in [0.2, 0.25) is 0 Å². The Kier molecular flexibility index (Phi) is 4.08. The minimum atomic E-state index is -0.726. The second-order valence-electron chi connectivity index (χ2n) is 5.69. The highest BCUT2D eigenvalue weighted by molar-refractivity contribution is 6.13. The summed E-state index contributed by atoms with van der Waals surface area (Å²) in [6.45, 7) is -0.348. The number of amidine groups is 1. The van der Waals surface area contributed by atoms with Crippen LogP contribution in [0.1, 0.15) is 5.56 Å². The lowest BCUT2D eigenvalue weighted by molar-refractivity contribution is 0.513. The Morgan fingerprint density at radius 3 is 2.65 bits per heavy atom. The third-order valence-electron chi connectivity index (χ3n) is 4.02. The van der Waals surface area contributed by atoms with Gasteiger partial charge in [0.2, 0.25) is 0 Å². The van der Waals surface area contributed by atoms with Gasteiger partial charge in [-0.25, -0.2) is 18.2 Å². The maximum absolute atomic E-state index is 14.3. The molecule has 0 saturated carbocycles. The predicted octanol–water partition coefficient (Wildman–Crippen LogP) is 4.24. The number of aromatic amines is 1. The number of benzene rings is 2. The van der Waals surface area contributed by atoms with Crippen LogP contribution in [-0.2, 0) is 0 Å². The molecule has 26 heavy (non-hydrogen) atoms. The third kappa shape index (κ3) is 2.79. The Morgan fingerprint density at radius 1 is 1.08 bits per heavy atom. The fourth-order valence-electron chi connectivity index (χ4n) is 2.85. The molecule has 0 saturated heterocycles. The van der Waals surface area contributed by atoms with Crippen LogP contribution in [0.4, 0.5) is 30.2 Å². The van der Waals surface area contributed by atoms with Crippen molar-refractivity contribution in [2.24, 2.45) is 4.99 Å². The molecule has 0 spiro atoms. The molecule has 5 nitrogen and oxygen atoms in total. The number of aromatic nitrogens is 2. The number of nitrogens with one attached hydrogen (secondary N) is 3. The van der Waals surface area contributed by atoms with Crippen molar-refractivity contribution in [3.63, 3.8) is 0 Å². The van der Waals surface area contributed by atoms with Crippen LogP contribution in [0.3, 0.4) is 0 Å². The van der Waals surface area contributed by atoms with E-state index in [2.05, 4.69) is 25.8 Å². The molecule has 0 bridgehead atoms. The van der Waals surface area contributed by atoms with Crippen LogP contribution in [0.25, 0.3) is 11.3 Å². The average Bonchev–Trinajstić information content (AvgIpc) is 3.02. The molecule has 1 aliphatic rings. The zero-order valence-electron chi connectivity index (χ0n) is 13.5. The van der Waals surface area contributed by atoms with Crippen molar-refractivity contribution in [3.8, 4) is 11.3 Å². The Bertz CT molecular complexity index is 976. The first-order valence-electron chi connectivity index (χ1n) is 7.95. The molecule has 0 unspecified atom stereocenters. The first-order valence-corrected chi connectivity index (χ1v) is 7.95. The number of halogens is 3. The van der Waals surface area contributed by atoms with E-state index in [9.17, 15) is 13.2 Å². The van der Waals surface area contributed by atoms with Crippen molar-refractivity contribution in [1.82, 2.24) is 10.2 Å². The van der Waals surface area contributed by atoms with Crippen molar-refractivity contribution < 1.29 is 13.2 Å². The SMILES string of the molecule is FCCNc1ccc2c(c1)NC(c1c(F)cccc1F)=Nc1cn[nH]c1-2. The van der Waals surface area contributed by atoms with Crippen LogP contribution in [0, 0.1) is 11.6 Å². The van der Waals surface area contributed by atoms with Crippen LogP contribution in [-0.4, -0.2) is 29.3 Å². The van der Waals surface area contributed by atoms with Crippen LogP contribution >= 0.6 is 0 Å². The predicted molar refractivity (Wildman–Crippen MR) is 94.7 cm³/mol. The Hall–Kier alpha value is -3.29.